The van der Waals surface area contributed by atoms with Gasteiger partial charge in [0.2, 0.25) is 0 Å². The molecule has 0 aromatic heterocycles. The summed E-state index contributed by atoms with van der Waals surface area (Å²) in [5.41, 5.74) is 2.15. The van der Waals surface area contributed by atoms with E-state index in [9.17, 15) is 4.79 Å². The molecule has 1 atom stereocenters. The van der Waals surface area contributed by atoms with Crippen LogP contribution in [-0.4, -0.2) is 27.2 Å². The van der Waals surface area contributed by atoms with Gasteiger partial charge in [0.1, 0.15) is 11.9 Å². The molecule has 0 bridgehead atoms. The summed E-state index contributed by atoms with van der Waals surface area (Å²) in [4.78, 5) is 12.3. The van der Waals surface area contributed by atoms with Crippen molar-refractivity contribution in [1.82, 2.24) is 5.32 Å². The van der Waals surface area contributed by atoms with E-state index in [4.69, 9.17) is 14.2 Å². The standard InChI is InChI=1S/C17H18N2O4/c1-21-13-9-15(23-3)14(22-2)8-11(13)16-18-12-7-5-4-6-10(12)17(20)19-16/h4-9,16,18H,1-3H3,(H,19,20)/t16-/m1/s1. The van der Waals surface area contributed by atoms with Crippen LogP contribution in [0.15, 0.2) is 36.4 Å². The summed E-state index contributed by atoms with van der Waals surface area (Å²) < 4.78 is 16.1. The van der Waals surface area contributed by atoms with Gasteiger partial charge in [-0.2, -0.15) is 0 Å². The van der Waals surface area contributed by atoms with Gasteiger partial charge in [-0.25, -0.2) is 0 Å². The first kappa shape index (κ1) is 15.0. The minimum Gasteiger partial charge on any atom is -0.496 e. The van der Waals surface area contributed by atoms with Crippen molar-refractivity contribution in [2.75, 3.05) is 26.6 Å². The third-order valence-electron chi connectivity index (χ3n) is 3.79. The van der Waals surface area contributed by atoms with Gasteiger partial charge in [0.25, 0.3) is 5.91 Å². The van der Waals surface area contributed by atoms with Crippen LogP contribution in [0, 0.1) is 0 Å². The molecule has 23 heavy (non-hydrogen) atoms. The number of anilines is 1. The third-order valence-corrected chi connectivity index (χ3v) is 3.79. The molecule has 2 aromatic rings. The number of hydrogen-bond donors (Lipinski definition) is 2. The van der Waals surface area contributed by atoms with Crippen LogP contribution in [0.25, 0.3) is 0 Å². The molecule has 120 valence electrons. The van der Waals surface area contributed by atoms with Crippen LogP contribution < -0.4 is 24.8 Å². The summed E-state index contributed by atoms with van der Waals surface area (Å²) in [6.07, 6.45) is -0.424. The number of amides is 1. The molecule has 2 aromatic carbocycles. The number of carbonyl (C=O) groups excluding carboxylic acids is 1. The van der Waals surface area contributed by atoms with Gasteiger partial charge in [0.05, 0.1) is 26.9 Å². The molecule has 6 heteroatoms. The Morgan fingerprint density at radius 2 is 1.52 bits per heavy atom. The van der Waals surface area contributed by atoms with E-state index >= 15 is 0 Å². The molecule has 0 aliphatic carbocycles. The van der Waals surface area contributed by atoms with E-state index in [1.807, 2.05) is 18.2 Å². The third kappa shape index (κ3) is 2.63. The highest BCUT2D eigenvalue weighted by Crippen LogP contribution is 2.39. The van der Waals surface area contributed by atoms with E-state index in [1.165, 1.54) is 0 Å². The highest BCUT2D eigenvalue weighted by Gasteiger charge is 2.27. The second-order valence-electron chi connectivity index (χ2n) is 5.05. The van der Waals surface area contributed by atoms with Crippen LogP contribution in [0.3, 0.4) is 0 Å². The lowest BCUT2D eigenvalue weighted by molar-refractivity contribution is 0.0935. The number of fused-ring (bicyclic) bond motifs is 1. The summed E-state index contributed by atoms with van der Waals surface area (Å²) >= 11 is 0. The maximum Gasteiger partial charge on any atom is 0.255 e. The summed E-state index contributed by atoms with van der Waals surface area (Å²) in [6, 6.07) is 10.9. The van der Waals surface area contributed by atoms with Crippen LogP contribution in [0.4, 0.5) is 5.69 Å². The molecule has 0 saturated heterocycles. The van der Waals surface area contributed by atoms with Crippen molar-refractivity contribution in [2.24, 2.45) is 0 Å². The summed E-state index contributed by atoms with van der Waals surface area (Å²) in [5.74, 6) is 1.59. The predicted molar refractivity (Wildman–Crippen MR) is 86.4 cm³/mol. The Balaban J connectivity index is 2.04. The molecule has 1 aliphatic heterocycles. The molecule has 1 amide bonds. The second-order valence-corrected chi connectivity index (χ2v) is 5.05. The average molecular weight is 314 g/mol. The number of hydrogen-bond acceptors (Lipinski definition) is 5. The summed E-state index contributed by atoms with van der Waals surface area (Å²) in [6.45, 7) is 0. The molecule has 3 rings (SSSR count). The number of benzene rings is 2. The predicted octanol–water partition coefficient (Wildman–Crippen LogP) is 2.57. The Morgan fingerprint density at radius 1 is 0.870 bits per heavy atom. The first-order valence-corrected chi connectivity index (χ1v) is 7.14. The fourth-order valence-corrected chi connectivity index (χ4v) is 2.64. The molecule has 0 radical (unpaired) electrons. The molecule has 2 N–H and O–H groups in total. The SMILES string of the molecule is COc1cc(OC)c([C@H]2NC(=O)c3ccccc3N2)cc1OC. The molecule has 0 saturated carbocycles. The van der Waals surface area contributed by atoms with E-state index in [2.05, 4.69) is 10.6 Å². The highest BCUT2D eigenvalue weighted by molar-refractivity contribution is 6.01. The highest BCUT2D eigenvalue weighted by atomic mass is 16.5. The van der Waals surface area contributed by atoms with Gasteiger partial charge >= 0.3 is 0 Å². The van der Waals surface area contributed by atoms with E-state index in [1.54, 1.807) is 39.5 Å². The van der Waals surface area contributed by atoms with E-state index in [0.717, 1.165) is 11.3 Å². The number of para-hydroxylation sites is 1. The lowest BCUT2D eigenvalue weighted by Crippen LogP contribution is -2.38. The van der Waals surface area contributed by atoms with Gasteiger partial charge in [-0.3, -0.25) is 4.79 Å². The van der Waals surface area contributed by atoms with Crippen molar-refractivity contribution in [3.63, 3.8) is 0 Å². The van der Waals surface area contributed by atoms with Crippen molar-refractivity contribution in [2.45, 2.75) is 6.17 Å². The average Bonchev–Trinajstić information content (AvgIpc) is 2.60. The summed E-state index contributed by atoms with van der Waals surface area (Å²) in [5, 5.41) is 6.22. The van der Waals surface area contributed by atoms with Crippen LogP contribution in [-0.2, 0) is 0 Å². The first-order valence-electron chi connectivity index (χ1n) is 7.14. The maximum absolute atomic E-state index is 12.3. The zero-order valence-electron chi connectivity index (χ0n) is 13.2. The fraction of sp³-hybridized carbons (Fsp3) is 0.235. The van der Waals surface area contributed by atoms with Crippen molar-refractivity contribution < 1.29 is 19.0 Å². The van der Waals surface area contributed by atoms with E-state index in [0.29, 0.717) is 22.8 Å². The monoisotopic (exact) mass is 314 g/mol. The molecular formula is C17H18N2O4. The second kappa shape index (κ2) is 6.08. The van der Waals surface area contributed by atoms with Gasteiger partial charge in [-0.05, 0) is 18.2 Å². The van der Waals surface area contributed by atoms with E-state index in [-0.39, 0.29) is 5.91 Å². The van der Waals surface area contributed by atoms with Crippen molar-refractivity contribution in [3.05, 3.63) is 47.5 Å². The first-order chi connectivity index (χ1) is 11.2. The van der Waals surface area contributed by atoms with Crippen molar-refractivity contribution in [1.29, 1.82) is 0 Å². The molecule has 0 spiro atoms. The van der Waals surface area contributed by atoms with Crippen LogP contribution in [0.1, 0.15) is 22.1 Å². The molecule has 0 fully saturated rings. The lowest BCUT2D eigenvalue weighted by Gasteiger charge is -2.29. The smallest absolute Gasteiger partial charge is 0.255 e. The Bertz CT molecular complexity index is 745. The molecule has 6 nitrogen and oxygen atoms in total. The largest absolute Gasteiger partial charge is 0.496 e. The molecule has 0 unspecified atom stereocenters. The number of methoxy groups -OCH3 is 3. The zero-order chi connectivity index (χ0) is 16.4. The van der Waals surface area contributed by atoms with Gasteiger partial charge in [-0.1, -0.05) is 12.1 Å². The Labute approximate surface area is 134 Å². The van der Waals surface area contributed by atoms with Crippen LogP contribution in [0.2, 0.25) is 0 Å². The Morgan fingerprint density at radius 3 is 2.22 bits per heavy atom. The number of nitrogens with one attached hydrogen (secondary N) is 2. The number of ether oxygens (including phenoxy) is 3. The minimum atomic E-state index is -0.424. The zero-order valence-corrected chi connectivity index (χ0v) is 13.2. The fourth-order valence-electron chi connectivity index (χ4n) is 2.64. The normalized spacial score (nSPS) is 16.0. The molecular weight excluding hydrogens is 296 g/mol. The quantitative estimate of drug-likeness (QED) is 0.908. The van der Waals surface area contributed by atoms with Crippen LogP contribution >= 0.6 is 0 Å². The van der Waals surface area contributed by atoms with Gasteiger partial charge in [0, 0.05) is 17.3 Å². The number of carbonyl (C=O) groups is 1. The topological polar surface area (TPSA) is 68.8 Å². The van der Waals surface area contributed by atoms with Crippen molar-refractivity contribution >= 4 is 11.6 Å². The lowest BCUT2D eigenvalue weighted by atomic mass is 10.0. The van der Waals surface area contributed by atoms with Crippen LogP contribution in [0.5, 0.6) is 17.2 Å². The van der Waals surface area contributed by atoms with E-state index < -0.39 is 6.17 Å². The minimum absolute atomic E-state index is 0.138. The Hall–Kier alpha value is -2.89. The maximum atomic E-state index is 12.3. The molecule has 1 heterocycles. The summed E-state index contributed by atoms with van der Waals surface area (Å²) in [7, 11) is 4.70. The van der Waals surface area contributed by atoms with Crippen molar-refractivity contribution in [3.8, 4) is 17.2 Å². The van der Waals surface area contributed by atoms with Gasteiger partial charge < -0.3 is 24.8 Å². The number of rotatable bonds is 4. The molecule has 1 aliphatic rings. The van der Waals surface area contributed by atoms with Gasteiger partial charge in [0.15, 0.2) is 11.5 Å². The Kier molecular flexibility index (Phi) is 3.97. The van der Waals surface area contributed by atoms with Gasteiger partial charge in [-0.15, -0.1) is 0 Å².